The minimum absolute atomic E-state index is 0.00130. The molecule has 1 aliphatic heterocycles. The molecule has 152 valence electrons. The lowest BCUT2D eigenvalue weighted by Crippen LogP contribution is -2.39. The number of para-hydroxylation sites is 1. The van der Waals surface area contributed by atoms with E-state index in [4.69, 9.17) is 4.98 Å². The van der Waals surface area contributed by atoms with Crippen LogP contribution in [-0.2, 0) is 20.6 Å². The van der Waals surface area contributed by atoms with E-state index in [1.54, 1.807) is 35.7 Å². The number of amides is 1. The van der Waals surface area contributed by atoms with Gasteiger partial charge in [0.2, 0.25) is 0 Å². The van der Waals surface area contributed by atoms with E-state index in [2.05, 4.69) is 15.3 Å². The number of likely N-dealkylation sites (tertiary alicyclic amines) is 1. The lowest BCUT2D eigenvalue weighted by atomic mass is 9.96. The van der Waals surface area contributed by atoms with E-state index in [1.165, 1.54) is 0 Å². The van der Waals surface area contributed by atoms with E-state index in [-0.39, 0.29) is 11.5 Å². The molecule has 0 saturated carbocycles. The van der Waals surface area contributed by atoms with Crippen LogP contribution in [0.1, 0.15) is 29.0 Å². The highest BCUT2D eigenvalue weighted by Gasteiger charge is 2.21. The summed E-state index contributed by atoms with van der Waals surface area (Å²) in [5.74, 6) is 1.17. The molecular formula is C21H26N6O2. The number of hydrogen-bond donors (Lipinski definition) is 1. The lowest BCUT2D eigenvalue weighted by Gasteiger charge is -2.32. The Kier molecular flexibility index (Phi) is 5.44. The zero-order valence-electron chi connectivity index (χ0n) is 16.8. The summed E-state index contributed by atoms with van der Waals surface area (Å²) in [5, 5.41) is 7.70. The summed E-state index contributed by atoms with van der Waals surface area (Å²) in [7, 11) is 3.59. The Morgan fingerprint density at radius 1 is 1.21 bits per heavy atom. The number of rotatable bonds is 5. The molecule has 1 saturated heterocycles. The maximum Gasteiger partial charge on any atom is 0.261 e. The molecule has 8 heteroatoms. The molecule has 8 nitrogen and oxygen atoms in total. The highest BCUT2D eigenvalue weighted by Crippen LogP contribution is 2.18. The molecule has 1 N–H and O–H groups in total. The number of carbonyl (C=O) groups is 1. The Morgan fingerprint density at radius 2 is 1.97 bits per heavy atom. The predicted molar refractivity (Wildman–Crippen MR) is 111 cm³/mol. The smallest absolute Gasteiger partial charge is 0.261 e. The highest BCUT2D eigenvalue weighted by atomic mass is 16.1. The summed E-state index contributed by atoms with van der Waals surface area (Å²) in [4.78, 5) is 31.8. The number of piperidine rings is 1. The van der Waals surface area contributed by atoms with Crippen LogP contribution in [0.2, 0.25) is 0 Å². The second-order valence-corrected chi connectivity index (χ2v) is 7.74. The van der Waals surface area contributed by atoms with Crippen LogP contribution in [0.25, 0.3) is 10.9 Å². The summed E-state index contributed by atoms with van der Waals surface area (Å²) in [5.41, 5.74) is 1.34. The molecule has 3 aromatic rings. The summed E-state index contributed by atoms with van der Waals surface area (Å²) in [6.07, 6.45) is 5.32. The molecule has 0 unspecified atom stereocenters. The first-order valence-corrected chi connectivity index (χ1v) is 9.95. The summed E-state index contributed by atoms with van der Waals surface area (Å²) < 4.78 is 3.28. The normalized spacial score (nSPS) is 15.7. The van der Waals surface area contributed by atoms with Gasteiger partial charge in [-0.25, -0.2) is 4.98 Å². The Hall–Kier alpha value is -3.00. The van der Waals surface area contributed by atoms with E-state index in [0.717, 1.165) is 37.3 Å². The van der Waals surface area contributed by atoms with Crippen LogP contribution in [-0.4, -0.2) is 49.8 Å². The zero-order valence-corrected chi connectivity index (χ0v) is 16.8. The number of carbonyl (C=O) groups excluding carboxylic acids is 1. The van der Waals surface area contributed by atoms with Gasteiger partial charge in [-0.1, -0.05) is 12.1 Å². The number of aryl methyl sites for hydroxylation is 1. The molecule has 0 spiro atoms. The van der Waals surface area contributed by atoms with Crippen molar-refractivity contribution >= 4 is 16.8 Å². The van der Waals surface area contributed by atoms with Crippen LogP contribution in [0.3, 0.4) is 0 Å². The van der Waals surface area contributed by atoms with E-state index >= 15 is 0 Å². The molecule has 1 amide bonds. The number of benzene rings is 1. The predicted octanol–water partition coefficient (Wildman–Crippen LogP) is 1.31. The molecule has 2 aromatic heterocycles. The third-order valence-corrected chi connectivity index (χ3v) is 5.67. The van der Waals surface area contributed by atoms with Crippen molar-refractivity contribution in [3.05, 3.63) is 58.4 Å². The second-order valence-electron chi connectivity index (χ2n) is 7.74. The molecule has 0 bridgehead atoms. The third kappa shape index (κ3) is 4.22. The molecule has 4 rings (SSSR count). The maximum atomic E-state index is 12.6. The van der Waals surface area contributed by atoms with Crippen LogP contribution < -0.4 is 10.9 Å². The van der Waals surface area contributed by atoms with Crippen molar-refractivity contribution in [2.75, 3.05) is 19.6 Å². The first kappa shape index (κ1) is 19.3. The molecule has 0 atom stereocenters. The fourth-order valence-electron chi connectivity index (χ4n) is 3.83. The van der Waals surface area contributed by atoms with Crippen LogP contribution in [0.15, 0.2) is 41.5 Å². The minimum atomic E-state index is -0.0732. The Balaban J connectivity index is 1.32. The van der Waals surface area contributed by atoms with Crippen molar-refractivity contribution in [1.29, 1.82) is 0 Å². The molecule has 0 radical (unpaired) electrons. The zero-order chi connectivity index (χ0) is 20.4. The summed E-state index contributed by atoms with van der Waals surface area (Å²) in [6.45, 7) is 3.19. The van der Waals surface area contributed by atoms with Crippen LogP contribution in [0, 0.1) is 5.92 Å². The average molecular weight is 394 g/mol. The van der Waals surface area contributed by atoms with Gasteiger partial charge in [-0.2, -0.15) is 5.10 Å². The van der Waals surface area contributed by atoms with E-state index in [9.17, 15) is 9.59 Å². The van der Waals surface area contributed by atoms with Crippen LogP contribution in [0.5, 0.6) is 0 Å². The van der Waals surface area contributed by atoms with Gasteiger partial charge < -0.3 is 5.32 Å². The summed E-state index contributed by atoms with van der Waals surface area (Å²) in [6, 6.07) is 7.48. The average Bonchev–Trinajstić information content (AvgIpc) is 3.17. The van der Waals surface area contributed by atoms with E-state index in [0.29, 0.717) is 30.0 Å². The Morgan fingerprint density at radius 3 is 2.69 bits per heavy atom. The fraction of sp³-hybridized carbons (Fsp3) is 0.429. The molecule has 29 heavy (non-hydrogen) atoms. The number of fused-ring (bicyclic) bond motifs is 1. The van der Waals surface area contributed by atoms with Gasteiger partial charge in [0.15, 0.2) is 0 Å². The quantitative estimate of drug-likeness (QED) is 0.705. The first-order chi connectivity index (χ1) is 14.0. The van der Waals surface area contributed by atoms with Gasteiger partial charge in [0, 0.05) is 26.8 Å². The minimum Gasteiger partial charge on any atom is -0.352 e. The second kappa shape index (κ2) is 8.16. The van der Waals surface area contributed by atoms with Gasteiger partial charge >= 0.3 is 0 Å². The first-order valence-electron chi connectivity index (χ1n) is 9.95. The molecule has 1 aliphatic rings. The van der Waals surface area contributed by atoms with Crippen molar-refractivity contribution in [3.63, 3.8) is 0 Å². The number of hydrogen-bond acceptors (Lipinski definition) is 5. The third-order valence-electron chi connectivity index (χ3n) is 5.67. The van der Waals surface area contributed by atoms with Crippen molar-refractivity contribution < 1.29 is 4.79 Å². The lowest BCUT2D eigenvalue weighted by molar-refractivity contribution is 0.0934. The molecular weight excluding hydrogens is 368 g/mol. The Labute approximate surface area is 169 Å². The van der Waals surface area contributed by atoms with Gasteiger partial charge in [-0.15, -0.1) is 0 Å². The number of aromatic nitrogens is 4. The van der Waals surface area contributed by atoms with E-state index in [1.807, 2.05) is 24.3 Å². The monoisotopic (exact) mass is 394 g/mol. The number of nitrogens with one attached hydrogen (secondary N) is 1. The van der Waals surface area contributed by atoms with Crippen LogP contribution >= 0.6 is 0 Å². The molecule has 3 heterocycles. The van der Waals surface area contributed by atoms with Crippen molar-refractivity contribution in [3.8, 4) is 0 Å². The van der Waals surface area contributed by atoms with Gasteiger partial charge in [-0.3, -0.25) is 23.7 Å². The number of nitrogens with zero attached hydrogens (tertiary/aromatic N) is 5. The maximum absolute atomic E-state index is 12.6. The van der Waals surface area contributed by atoms with E-state index < -0.39 is 0 Å². The molecule has 0 aliphatic carbocycles. The van der Waals surface area contributed by atoms with Gasteiger partial charge in [0.1, 0.15) is 5.82 Å². The van der Waals surface area contributed by atoms with Crippen molar-refractivity contribution in [2.45, 2.75) is 19.4 Å². The van der Waals surface area contributed by atoms with Crippen LogP contribution in [0.4, 0.5) is 0 Å². The molecule has 1 fully saturated rings. The molecule has 1 aromatic carbocycles. The highest BCUT2D eigenvalue weighted by molar-refractivity contribution is 5.93. The standard InChI is InChI=1S/C21H26N6O2/c1-25-13-16(12-23-25)20(28)22-11-15-7-9-27(10-8-15)14-19-24-18-6-4-3-5-17(18)21(29)26(19)2/h3-6,12-13,15H,7-11,14H2,1-2H3,(H,22,28). The largest absolute Gasteiger partial charge is 0.352 e. The fourth-order valence-corrected chi connectivity index (χ4v) is 3.83. The SMILES string of the molecule is Cn1cc(C(=O)NCC2CCN(Cc3nc4ccccc4c(=O)n3C)CC2)cn1. The topological polar surface area (TPSA) is 85.0 Å². The van der Waals surface area contributed by atoms with Crippen molar-refractivity contribution in [2.24, 2.45) is 20.0 Å². The van der Waals surface area contributed by atoms with Gasteiger partial charge in [-0.05, 0) is 44.0 Å². The van der Waals surface area contributed by atoms with Crippen molar-refractivity contribution in [1.82, 2.24) is 29.5 Å². The Bertz CT molecular complexity index is 1080. The van der Waals surface area contributed by atoms with Gasteiger partial charge in [0.05, 0.1) is 29.2 Å². The van der Waals surface area contributed by atoms with Gasteiger partial charge in [0.25, 0.3) is 11.5 Å². The summed E-state index contributed by atoms with van der Waals surface area (Å²) >= 11 is 0.